The zero-order valence-corrected chi connectivity index (χ0v) is 17.1. The minimum absolute atomic E-state index is 0.195. The van der Waals surface area contributed by atoms with Crippen molar-refractivity contribution in [2.24, 2.45) is 7.05 Å². The summed E-state index contributed by atoms with van der Waals surface area (Å²) in [6, 6.07) is 18.4. The van der Waals surface area contributed by atoms with Crippen molar-refractivity contribution in [2.45, 2.75) is 18.9 Å². The summed E-state index contributed by atoms with van der Waals surface area (Å²) in [5.74, 6) is 0.631. The first-order chi connectivity index (χ1) is 15.1. The van der Waals surface area contributed by atoms with Gasteiger partial charge in [0.05, 0.1) is 17.3 Å². The van der Waals surface area contributed by atoms with Gasteiger partial charge in [-0.05, 0) is 49.2 Å². The van der Waals surface area contributed by atoms with E-state index in [1.165, 1.54) is 6.26 Å². The van der Waals surface area contributed by atoms with E-state index in [0.29, 0.717) is 18.7 Å². The lowest BCUT2D eigenvalue weighted by Crippen LogP contribution is -2.43. The van der Waals surface area contributed by atoms with E-state index in [2.05, 4.69) is 5.32 Å². The van der Waals surface area contributed by atoms with Gasteiger partial charge in [0, 0.05) is 24.8 Å². The van der Waals surface area contributed by atoms with Crippen LogP contribution < -0.4 is 5.32 Å². The van der Waals surface area contributed by atoms with Crippen molar-refractivity contribution < 1.29 is 14.0 Å². The van der Waals surface area contributed by atoms with Gasteiger partial charge in [0.2, 0.25) is 5.91 Å². The maximum absolute atomic E-state index is 13.0. The summed E-state index contributed by atoms with van der Waals surface area (Å²) in [4.78, 5) is 32.0. The van der Waals surface area contributed by atoms with Crippen LogP contribution in [0.3, 0.4) is 0 Å². The number of carbonyl (C=O) groups is 2. The third-order valence-corrected chi connectivity index (χ3v) is 5.72. The number of aromatic nitrogens is 2. The fourth-order valence-electron chi connectivity index (χ4n) is 4.19. The maximum atomic E-state index is 13.0. The highest BCUT2D eigenvalue weighted by atomic mass is 16.3. The number of aryl methyl sites for hydroxylation is 1. The van der Waals surface area contributed by atoms with Crippen LogP contribution in [0.5, 0.6) is 0 Å². The molecule has 1 fully saturated rings. The van der Waals surface area contributed by atoms with Crippen LogP contribution in [0, 0.1) is 0 Å². The van der Waals surface area contributed by atoms with E-state index < -0.39 is 6.04 Å². The second-order valence-electron chi connectivity index (χ2n) is 7.69. The topological polar surface area (TPSA) is 80.4 Å². The molecule has 1 aliphatic heterocycles. The lowest BCUT2D eigenvalue weighted by Gasteiger charge is -2.23. The van der Waals surface area contributed by atoms with Crippen LogP contribution in [-0.4, -0.2) is 38.9 Å². The second kappa shape index (κ2) is 7.75. The number of fused-ring (bicyclic) bond motifs is 1. The van der Waals surface area contributed by atoms with Crippen LogP contribution in [0.25, 0.3) is 22.4 Å². The Balaban J connectivity index is 1.37. The first-order valence-corrected chi connectivity index (χ1v) is 10.3. The Morgan fingerprint density at radius 1 is 1.10 bits per heavy atom. The Morgan fingerprint density at radius 2 is 1.97 bits per heavy atom. The molecule has 1 aliphatic rings. The molecule has 0 unspecified atom stereocenters. The summed E-state index contributed by atoms with van der Waals surface area (Å²) < 4.78 is 7.26. The molecule has 2 aromatic heterocycles. The lowest BCUT2D eigenvalue weighted by atomic mass is 10.1. The molecule has 7 heteroatoms. The molecule has 2 amide bonds. The number of likely N-dealkylation sites (tertiary alicyclic amines) is 1. The van der Waals surface area contributed by atoms with Gasteiger partial charge in [0.25, 0.3) is 5.91 Å². The summed E-state index contributed by atoms with van der Waals surface area (Å²) in [5, 5.41) is 2.98. The largest absolute Gasteiger partial charge is 0.459 e. The standard InChI is InChI=1S/C24H22N4O3/c1-27-19-10-3-2-9-18(19)26-22(27)16-7-4-8-17(15-16)25-23(29)20-11-5-13-28(20)24(30)21-12-6-14-31-21/h2-4,6-10,12,14-15,20H,5,11,13H2,1H3,(H,25,29)/t20-/m0/s1. The number of hydrogen-bond donors (Lipinski definition) is 1. The SMILES string of the molecule is Cn1c(-c2cccc(NC(=O)[C@@H]3CCCN3C(=O)c3ccco3)c2)nc2ccccc21. The number of carbonyl (C=O) groups excluding carboxylic acids is 2. The Kier molecular flexibility index (Phi) is 4.78. The van der Waals surface area contributed by atoms with Crippen LogP contribution in [0.2, 0.25) is 0 Å². The van der Waals surface area contributed by atoms with Crippen molar-refractivity contribution in [3.05, 3.63) is 72.7 Å². The van der Waals surface area contributed by atoms with Crippen LogP contribution in [0.15, 0.2) is 71.3 Å². The normalized spacial score (nSPS) is 16.0. The fourth-order valence-corrected chi connectivity index (χ4v) is 4.19. The van der Waals surface area contributed by atoms with Crippen molar-refractivity contribution in [1.82, 2.24) is 14.5 Å². The van der Waals surface area contributed by atoms with Gasteiger partial charge in [0.1, 0.15) is 11.9 Å². The van der Waals surface area contributed by atoms with Crippen LogP contribution in [0.1, 0.15) is 23.4 Å². The molecule has 7 nitrogen and oxygen atoms in total. The number of nitrogens with zero attached hydrogens (tertiary/aromatic N) is 3. The number of rotatable bonds is 4. The van der Waals surface area contributed by atoms with Crippen molar-refractivity contribution >= 4 is 28.5 Å². The predicted octanol–water partition coefficient (Wildman–Crippen LogP) is 4.08. The Bertz CT molecular complexity index is 1260. The number of benzene rings is 2. The van der Waals surface area contributed by atoms with Gasteiger partial charge in [-0.25, -0.2) is 4.98 Å². The molecule has 5 rings (SSSR count). The molecule has 31 heavy (non-hydrogen) atoms. The zero-order valence-electron chi connectivity index (χ0n) is 17.1. The molecule has 1 saturated heterocycles. The van der Waals surface area contributed by atoms with E-state index in [0.717, 1.165) is 28.8 Å². The molecule has 0 bridgehead atoms. The van der Waals surface area contributed by atoms with Gasteiger partial charge < -0.3 is 19.2 Å². The first-order valence-electron chi connectivity index (χ1n) is 10.3. The first kappa shape index (κ1) is 19.1. The van der Waals surface area contributed by atoms with E-state index in [1.807, 2.05) is 60.1 Å². The molecular weight excluding hydrogens is 392 g/mol. The molecule has 0 saturated carbocycles. The lowest BCUT2D eigenvalue weighted by molar-refractivity contribution is -0.119. The van der Waals surface area contributed by atoms with Gasteiger partial charge in [-0.1, -0.05) is 24.3 Å². The average molecular weight is 414 g/mol. The molecule has 156 valence electrons. The van der Waals surface area contributed by atoms with Gasteiger partial charge in [-0.3, -0.25) is 9.59 Å². The number of hydrogen-bond acceptors (Lipinski definition) is 4. The second-order valence-corrected chi connectivity index (χ2v) is 7.69. The summed E-state index contributed by atoms with van der Waals surface area (Å²) in [7, 11) is 1.98. The minimum atomic E-state index is -0.517. The predicted molar refractivity (Wildman–Crippen MR) is 118 cm³/mol. The van der Waals surface area contributed by atoms with Gasteiger partial charge >= 0.3 is 0 Å². The highest BCUT2D eigenvalue weighted by Crippen LogP contribution is 2.27. The van der Waals surface area contributed by atoms with Gasteiger partial charge in [0.15, 0.2) is 5.76 Å². The van der Waals surface area contributed by atoms with E-state index in [1.54, 1.807) is 17.0 Å². The molecule has 1 N–H and O–H groups in total. The van der Waals surface area contributed by atoms with Crippen molar-refractivity contribution in [3.8, 4) is 11.4 Å². The number of furan rings is 1. The van der Waals surface area contributed by atoms with E-state index in [4.69, 9.17) is 9.40 Å². The number of anilines is 1. The van der Waals surface area contributed by atoms with Gasteiger partial charge in [-0.2, -0.15) is 0 Å². The van der Waals surface area contributed by atoms with E-state index in [-0.39, 0.29) is 17.6 Å². The molecule has 2 aromatic carbocycles. The smallest absolute Gasteiger partial charge is 0.290 e. The third kappa shape index (κ3) is 3.48. The van der Waals surface area contributed by atoms with Crippen molar-refractivity contribution in [3.63, 3.8) is 0 Å². The monoisotopic (exact) mass is 414 g/mol. The summed E-state index contributed by atoms with van der Waals surface area (Å²) in [6.45, 7) is 0.539. The summed E-state index contributed by atoms with van der Waals surface area (Å²) in [6.07, 6.45) is 2.87. The molecule has 0 aliphatic carbocycles. The van der Waals surface area contributed by atoms with Crippen LogP contribution in [0.4, 0.5) is 5.69 Å². The highest BCUT2D eigenvalue weighted by molar-refractivity contribution is 6.00. The van der Waals surface area contributed by atoms with Crippen molar-refractivity contribution in [2.75, 3.05) is 11.9 Å². The Labute approximate surface area is 179 Å². The zero-order chi connectivity index (χ0) is 21.4. The maximum Gasteiger partial charge on any atom is 0.290 e. The molecule has 4 aromatic rings. The van der Waals surface area contributed by atoms with Crippen molar-refractivity contribution in [1.29, 1.82) is 0 Å². The van der Waals surface area contributed by atoms with E-state index in [9.17, 15) is 9.59 Å². The molecule has 0 radical (unpaired) electrons. The molecule has 0 spiro atoms. The highest BCUT2D eigenvalue weighted by Gasteiger charge is 2.35. The summed E-state index contributed by atoms with van der Waals surface area (Å²) in [5.41, 5.74) is 3.55. The summed E-state index contributed by atoms with van der Waals surface area (Å²) >= 11 is 0. The molecule has 1 atom stereocenters. The fraction of sp³-hybridized carbons (Fsp3) is 0.208. The van der Waals surface area contributed by atoms with E-state index >= 15 is 0 Å². The Morgan fingerprint density at radius 3 is 2.77 bits per heavy atom. The molecule has 3 heterocycles. The van der Waals surface area contributed by atoms with Crippen LogP contribution in [-0.2, 0) is 11.8 Å². The quantitative estimate of drug-likeness (QED) is 0.546. The minimum Gasteiger partial charge on any atom is -0.459 e. The van der Waals surface area contributed by atoms with Crippen LogP contribution >= 0.6 is 0 Å². The third-order valence-electron chi connectivity index (χ3n) is 5.72. The van der Waals surface area contributed by atoms with Gasteiger partial charge in [-0.15, -0.1) is 0 Å². The number of imidazole rings is 1. The number of para-hydroxylation sites is 2. The number of amides is 2. The molecular formula is C24H22N4O3. The Hall–Kier alpha value is -3.87. The number of nitrogens with one attached hydrogen (secondary N) is 1. The average Bonchev–Trinajstić information content (AvgIpc) is 3.54.